The molecule has 0 aliphatic heterocycles. The molecule has 1 fully saturated rings. The lowest BCUT2D eigenvalue weighted by Gasteiger charge is -2.18. The molecular weight excluding hydrogens is 296 g/mol. The highest BCUT2D eigenvalue weighted by molar-refractivity contribution is 5.89. The van der Waals surface area contributed by atoms with E-state index in [9.17, 15) is 4.79 Å². The first-order valence-corrected chi connectivity index (χ1v) is 8.80. The fraction of sp³-hybridized carbons (Fsp3) is 0.318. The fourth-order valence-electron chi connectivity index (χ4n) is 3.30. The van der Waals surface area contributed by atoms with Gasteiger partial charge in [0.2, 0.25) is 0 Å². The van der Waals surface area contributed by atoms with Gasteiger partial charge in [-0.25, -0.2) is 4.79 Å². The summed E-state index contributed by atoms with van der Waals surface area (Å²) in [6, 6.07) is 19.4. The molecule has 3 rings (SSSR count). The molecule has 0 N–H and O–H groups in total. The highest BCUT2D eigenvalue weighted by Gasteiger charge is 2.21. The lowest BCUT2D eigenvalue weighted by molar-refractivity contribution is 0.0353. The van der Waals surface area contributed by atoms with E-state index in [1.54, 1.807) is 12.1 Å². The van der Waals surface area contributed by atoms with Crippen molar-refractivity contribution in [2.75, 3.05) is 0 Å². The second-order valence-electron chi connectivity index (χ2n) is 6.47. The molecule has 2 aromatic carbocycles. The predicted octanol–water partition coefficient (Wildman–Crippen LogP) is 5.51. The molecule has 2 heteroatoms. The van der Waals surface area contributed by atoms with Gasteiger partial charge in [-0.3, -0.25) is 0 Å². The monoisotopic (exact) mass is 320 g/mol. The Kier molecular flexibility index (Phi) is 5.84. The van der Waals surface area contributed by atoms with Crippen LogP contribution in [0.3, 0.4) is 0 Å². The maximum atomic E-state index is 12.4. The van der Waals surface area contributed by atoms with Crippen molar-refractivity contribution in [2.45, 2.75) is 38.2 Å². The van der Waals surface area contributed by atoms with E-state index in [0.29, 0.717) is 11.5 Å². The van der Waals surface area contributed by atoms with Crippen LogP contribution in [0.1, 0.15) is 48.0 Å². The molecule has 0 aromatic heterocycles. The Morgan fingerprint density at radius 3 is 2.29 bits per heavy atom. The van der Waals surface area contributed by atoms with Crippen LogP contribution in [0.25, 0.3) is 6.08 Å². The molecule has 1 saturated carbocycles. The number of esters is 1. The topological polar surface area (TPSA) is 26.3 Å². The van der Waals surface area contributed by atoms with Gasteiger partial charge in [0.25, 0.3) is 0 Å². The third-order valence-corrected chi connectivity index (χ3v) is 4.61. The van der Waals surface area contributed by atoms with Crippen molar-refractivity contribution in [2.24, 2.45) is 5.92 Å². The third kappa shape index (κ3) is 4.82. The van der Waals surface area contributed by atoms with E-state index in [0.717, 1.165) is 12.0 Å². The summed E-state index contributed by atoms with van der Waals surface area (Å²) in [6.45, 7) is 0. The molecule has 0 unspecified atom stereocenters. The Bertz CT molecular complexity index is 655. The van der Waals surface area contributed by atoms with Gasteiger partial charge in [-0.05, 0) is 36.1 Å². The normalized spacial score (nSPS) is 16.3. The minimum atomic E-state index is -0.240. The minimum Gasteiger partial charge on any atom is -0.455 e. The summed E-state index contributed by atoms with van der Waals surface area (Å²) in [6.07, 6.45) is 9.94. The van der Waals surface area contributed by atoms with E-state index in [1.165, 1.54) is 25.7 Å². The molecule has 0 bridgehead atoms. The number of benzene rings is 2. The van der Waals surface area contributed by atoms with Crippen LogP contribution in [0.2, 0.25) is 0 Å². The Hall–Kier alpha value is -2.35. The van der Waals surface area contributed by atoms with E-state index < -0.39 is 0 Å². The molecule has 0 saturated heterocycles. The summed E-state index contributed by atoms with van der Waals surface area (Å²) in [5.41, 5.74) is 1.74. The molecule has 0 spiro atoms. The Morgan fingerprint density at radius 2 is 1.62 bits per heavy atom. The zero-order valence-electron chi connectivity index (χ0n) is 13.9. The number of carbonyl (C=O) groups is 1. The molecule has 2 aromatic rings. The predicted molar refractivity (Wildman–Crippen MR) is 97.7 cm³/mol. The minimum absolute atomic E-state index is 0.166. The van der Waals surface area contributed by atoms with Gasteiger partial charge in [0.15, 0.2) is 0 Å². The van der Waals surface area contributed by atoms with Crippen LogP contribution in [0.5, 0.6) is 0 Å². The molecular formula is C22H24O2. The first-order chi connectivity index (χ1) is 11.8. The number of carbonyl (C=O) groups excluding carboxylic acids is 1. The van der Waals surface area contributed by atoms with Crippen molar-refractivity contribution in [3.63, 3.8) is 0 Å². The van der Waals surface area contributed by atoms with Gasteiger partial charge in [-0.2, -0.15) is 0 Å². The van der Waals surface area contributed by atoms with Crippen molar-refractivity contribution < 1.29 is 9.53 Å². The van der Waals surface area contributed by atoms with Gasteiger partial charge < -0.3 is 4.74 Å². The highest BCUT2D eigenvalue weighted by Crippen LogP contribution is 2.30. The van der Waals surface area contributed by atoms with Gasteiger partial charge in [0.05, 0.1) is 5.56 Å². The number of hydrogen-bond donors (Lipinski definition) is 0. The fourth-order valence-corrected chi connectivity index (χ4v) is 3.30. The molecule has 1 aliphatic rings. The maximum Gasteiger partial charge on any atom is 0.338 e. The molecule has 24 heavy (non-hydrogen) atoms. The van der Waals surface area contributed by atoms with Crippen LogP contribution in [-0.2, 0) is 4.74 Å². The number of hydrogen-bond acceptors (Lipinski definition) is 2. The van der Waals surface area contributed by atoms with E-state index in [-0.39, 0.29) is 12.1 Å². The summed E-state index contributed by atoms with van der Waals surface area (Å²) in [7, 11) is 0. The van der Waals surface area contributed by atoms with Gasteiger partial charge in [0.1, 0.15) is 6.10 Å². The second-order valence-corrected chi connectivity index (χ2v) is 6.47. The van der Waals surface area contributed by atoms with Crippen LogP contribution >= 0.6 is 0 Å². The van der Waals surface area contributed by atoms with Crippen molar-refractivity contribution in [1.29, 1.82) is 0 Å². The van der Waals surface area contributed by atoms with Gasteiger partial charge in [-0.15, -0.1) is 0 Å². The summed E-state index contributed by atoms with van der Waals surface area (Å²) in [5.74, 6) is 0.426. The highest BCUT2D eigenvalue weighted by atomic mass is 16.5. The third-order valence-electron chi connectivity index (χ3n) is 4.61. The molecule has 0 heterocycles. The lowest BCUT2D eigenvalue weighted by Crippen LogP contribution is -2.19. The van der Waals surface area contributed by atoms with Crippen LogP contribution in [-0.4, -0.2) is 12.1 Å². The number of rotatable bonds is 6. The smallest absolute Gasteiger partial charge is 0.338 e. The summed E-state index contributed by atoms with van der Waals surface area (Å²) in [4.78, 5) is 12.4. The quantitative estimate of drug-likeness (QED) is 0.656. The average molecular weight is 320 g/mol. The molecule has 124 valence electrons. The van der Waals surface area contributed by atoms with Crippen LogP contribution in [0.4, 0.5) is 0 Å². The van der Waals surface area contributed by atoms with Crippen LogP contribution in [0.15, 0.2) is 66.7 Å². The van der Waals surface area contributed by atoms with Crippen molar-refractivity contribution >= 4 is 12.0 Å². The Balaban J connectivity index is 1.69. The van der Waals surface area contributed by atoms with Gasteiger partial charge in [-0.1, -0.05) is 80.3 Å². The van der Waals surface area contributed by atoms with E-state index in [4.69, 9.17) is 4.74 Å². The van der Waals surface area contributed by atoms with Crippen LogP contribution in [0, 0.1) is 5.92 Å². The van der Waals surface area contributed by atoms with Gasteiger partial charge >= 0.3 is 5.97 Å². The summed E-state index contributed by atoms with van der Waals surface area (Å²) < 4.78 is 5.79. The molecule has 1 atom stereocenters. The molecule has 2 nitrogen and oxygen atoms in total. The lowest BCUT2D eigenvalue weighted by atomic mass is 9.99. The largest absolute Gasteiger partial charge is 0.455 e. The zero-order chi connectivity index (χ0) is 16.6. The van der Waals surface area contributed by atoms with E-state index in [2.05, 4.69) is 18.2 Å². The van der Waals surface area contributed by atoms with Crippen molar-refractivity contribution in [3.05, 3.63) is 77.9 Å². The van der Waals surface area contributed by atoms with Crippen molar-refractivity contribution in [3.8, 4) is 0 Å². The van der Waals surface area contributed by atoms with E-state index in [1.807, 2.05) is 42.5 Å². The Morgan fingerprint density at radius 1 is 1.00 bits per heavy atom. The average Bonchev–Trinajstić information content (AvgIpc) is 3.14. The summed E-state index contributed by atoms with van der Waals surface area (Å²) in [5, 5.41) is 0. The Labute approximate surface area is 144 Å². The zero-order valence-corrected chi connectivity index (χ0v) is 13.9. The van der Waals surface area contributed by atoms with E-state index >= 15 is 0 Å². The van der Waals surface area contributed by atoms with Crippen molar-refractivity contribution in [1.82, 2.24) is 0 Å². The first kappa shape index (κ1) is 16.5. The molecule has 0 amide bonds. The van der Waals surface area contributed by atoms with Crippen LogP contribution < -0.4 is 0 Å². The maximum absolute atomic E-state index is 12.4. The first-order valence-electron chi connectivity index (χ1n) is 8.80. The summed E-state index contributed by atoms with van der Waals surface area (Å²) >= 11 is 0. The molecule has 0 radical (unpaired) electrons. The van der Waals surface area contributed by atoms with Gasteiger partial charge in [0, 0.05) is 0 Å². The molecule has 1 aliphatic carbocycles. The SMILES string of the molecule is O=C(O[C@@H](/C=C/c1ccccc1)CC1CCCC1)c1ccccc1. The standard InChI is InChI=1S/C22H24O2/c23-22(20-13-5-2-6-14-20)24-21(17-19-11-7-8-12-19)16-15-18-9-3-1-4-10-18/h1-6,9-10,13-16,19,21H,7-8,11-12,17H2/b16-15+/t21-/m0/s1. The number of ether oxygens (including phenoxy) is 1. The second kappa shape index (κ2) is 8.49.